The Kier molecular flexibility index (Phi) is 5.04. The summed E-state index contributed by atoms with van der Waals surface area (Å²) in [7, 11) is 0. The van der Waals surface area contributed by atoms with Crippen molar-refractivity contribution < 1.29 is 0 Å². The largest absolute Gasteiger partial charge is 0.311 e. The van der Waals surface area contributed by atoms with Gasteiger partial charge in [-0.15, -0.1) is 0 Å². The SMILES string of the molecule is CCCC1CNC(C)CN1Cc1ccccc1Cl. The first-order valence-corrected chi connectivity index (χ1v) is 7.29. The van der Waals surface area contributed by atoms with E-state index in [0.717, 1.165) is 24.7 Å². The summed E-state index contributed by atoms with van der Waals surface area (Å²) in [5.41, 5.74) is 1.24. The van der Waals surface area contributed by atoms with Crippen LogP contribution >= 0.6 is 11.6 Å². The topological polar surface area (TPSA) is 15.3 Å². The van der Waals surface area contributed by atoms with Crippen LogP contribution in [0, 0.1) is 0 Å². The summed E-state index contributed by atoms with van der Waals surface area (Å²) in [6, 6.07) is 9.40. The van der Waals surface area contributed by atoms with Gasteiger partial charge in [-0.1, -0.05) is 43.1 Å². The van der Waals surface area contributed by atoms with Gasteiger partial charge in [0.25, 0.3) is 0 Å². The van der Waals surface area contributed by atoms with E-state index in [1.165, 1.54) is 18.4 Å². The molecule has 18 heavy (non-hydrogen) atoms. The van der Waals surface area contributed by atoms with Gasteiger partial charge in [0.05, 0.1) is 0 Å². The third-order valence-electron chi connectivity index (χ3n) is 3.68. The van der Waals surface area contributed by atoms with Crippen LogP contribution in [-0.2, 0) is 6.54 Å². The molecule has 1 saturated heterocycles. The summed E-state index contributed by atoms with van der Waals surface area (Å²) in [6.07, 6.45) is 2.49. The Labute approximate surface area is 115 Å². The molecule has 1 aromatic carbocycles. The van der Waals surface area contributed by atoms with Crippen molar-refractivity contribution in [3.63, 3.8) is 0 Å². The minimum absolute atomic E-state index is 0.570. The molecule has 1 heterocycles. The number of nitrogens with one attached hydrogen (secondary N) is 1. The second-order valence-electron chi connectivity index (χ2n) is 5.27. The molecule has 0 bridgehead atoms. The second kappa shape index (κ2) is 6.55. The van der Waals surface area contributed by atoms with Gasteiger partial charge in [-0.05, 0) is 25.0 Å². The Balaban J connectivity index is 2.06. The number of halogens is 1. The highest BCUT2D eigenvalue weighted by atomic mass is 35.5. The Morgan fingerprint density at radius 2 is 2.17 bits per heavy atom. The van der Waals surface area contributed by atoms with Gasteiger partial charge >= 0.3 is 0 Å². The maximum absolute atomic E-state index is 6.26. The fourth-order valence-corrected chi connectivity index (χ4v) is 2.88. The Bertz CT molecular complexity index is 381. The van der Waals surface area contributed by atoms with Crippen LogP contribution in [0.4, 0.5) is 0 Å². The third-order valence-corrected chi connectivity index (χ3v) is 4.05. The molecule has 1 aromatic rings. The van der Waals surface area contributed by atoms with Gasteiger partial charge < -0.3 is 5.32 Å². The van der Waals surface area contributed by atoms with Gasteiger partial charge in [0.1, 0.15) is 0 Å². The van der Waals surface area contributed by atoms with Crippen LogP contribution in [0.5, 0.6) is 0 Å². The molecule has 2 atom stereocenters. The molecule has 1 aliphatic heterocycles. The van der Waals surface area contributed by atoms with Gasteiger partial charge in [0, 0.05) is 36.7 Å². The summed E-state index contributed by atoms with van der Waals surface area (Å²) >= 11 is 6.26. The van der Waals surface area contributed by atoms with Crippen molar-refractivity contribution in [1.82, 2.24) is 10.2 Å². The molecule has 2 nitrogen and oxygen atoms in total. The molecule has 100 valence electrons. The first-order chi connectivity index (χ1) is 8.70. The Hall–Kier alpha value is -0.570. The molecule has 0 radical (unpaired) electrons. The van der Waals surface area contributed by atoms with Gasteiger partial charge in [-0.3, -0.25) is 4.90 Å². The van der Waals surface area contributed by atoms with Crippen LogP contribution in [0.2, 0.25) is 5.02 Å². The van der Waals surface area contributed by atoms with Crippen molar-refractivity contribution in [2.45, 2.75) is 45.3 Å². The van der Waals surface area contributed by atoms with E-state index in [1.807, 2.05) is 12.1 Å². The predicted octanol–water partition coefficient (Wildman–Crippen LogP) is 3.30. The molecular weight excluding hydrogens is 244 g/mol. The number of benzene rings is 1. The van der Waals surface area contributed by atoms with Crippen molar-refractivity contribution in [1.29, 1.82) is 0 Å². The maximum Gasteiger partial charge on any atom is 0.0451 e. The van der Waals surface area contributed by atoms with Crippen molar-refractivity contribution in [3.05, 3.63) is 34.9 Å². The van der Waals surface area contributed by atoms with E-state index in [4.69, 9.17) is 11.6 Å². The number of nitrogens with zero attached hydrogens (tertiary/aromatic N) is 1. The minimum Gasteiger partial charge on any atom is -0.311 e. The summed E-state index contributed by atoms with van der Waals surface area (Å²) in [4.78, 5) is 2.58. The van der Waals surface area contributed by atoms with Gasteiger partial charge in [-0.25, -0.2) is 0 Å². The molecule has 0 spiro atoms. The maximum atomic E-state index is 6.26. The van der Waals surface area contributed by atoms with E-state index in [-0.39, 0.29) is 0 Å². The predicted molar refractivity (Wildman–Crippen MR) is 78.0 cm³/mol. The molecule has 0 saturated carbocycles. The zero-order chi connectivity index (χ0) is 13.0. The third kappa shape index (κ3) is 3.47. The molecule has 1 fully saturated rings. The zero-order valence-electron chi connectivity index (χ0n) is 11.3. The number of rotatable bonds is 4. The van der Waals surface area contributed by atoms with Crippen molar-refractivity contribution in [2.75, 3.05) is 13.1 Å². The monoisotopic (exact) mass is 266 g/mol. The van der Waals surface area contributed by atoms with E-state index in [1.54, 1.807) is 0 Å². The second-order valence-corrected chi connectivity index (χ2v) is 5.68. The molecule has 1 N–H and O–H groups in total. The summed E-state index contributed by atoms with van der Waals surface area (Å²) in [5.74, 6) is 0. The average Bonchev–Trinajstić information content (AvgIpc) is 2.36. The molecule has 3 heteroatoms. The standard InChI is InChI=1S/C15H23ClN2/c1-3-6-14-9-17-12(2)10-18(14)11-13-7-4-5-8-15(13)16/h4-5,7-8,12,14,17H,3,6,9-11H2,1-2H3. The van der Waals surface area contributed by atoms with Crippen LogP contribution in [0.3, 0.4) is 0 Å². The molecular formula is C15H23ClN2. The highest BCUT2D eigenvalue weighted by molar-refractivity contribution is 6.31. The molecule has 1 aliphatic rings. The molecule has 0 aliphatic carbocycles. The lowest BCUT2D eigenvalue weighted by atomic mass is 10.0. The van der Waals surface area contributed by atoms with E-state index in [9.17, 15) is 0 Å². The smallest absolute Gasteiger partial charge is 0.0451 e. The van der Waals surface area contributed by atoms with E-state index in [0.29, 0.717) is 12.1 Å². The van der Waals surface area contributed by atoms with Crippen molar-refractivity contribution in [2.24, 2.45) is 0 Å². The molecule has 0 aromatic heterocycles. The fourth-order valence-electron chi connectivity index (χ4n) is 2.69. The highest BCUT2D eigenvalue weighted by Crippen LogP contribution is 2.21. The van der Waals surface area contributed by atoms with Crippen LogP contribution in [0.25, 0.3) is 0 Å². The Morgan fingerprint density at radius 3 is 2.89 bits per heavy atom. The van der Waals surface area contributed by atoms with Gasteiger partial charge in [0.2, 0.25) is 0 Å². The quantitative estimate of drug-likeness (QED) is 0.900. The molecule has 2 rings (SSSR count). The number of hydrogen-bond donors (Lipinski definition) is 1. The van der Waals surface area contributed by atoms with Gasteiger partial charge in [0.15, 0.2) is 0 Å². The van der Waals surface area contributed by atoms with Gasteiger partial charge in [-0.2, -0.15) is 0 Å². The summed E-state index contributed by atoms with van der Waals surface area (Å²) in [5, 5.41) is 4.46. The van der Waals surface area contributed by atoms with Crippen LogP contribution in [-0.4, -0.2) is 30.1 Å². The summed E-state index contributed by atoms with van der Waals surface area (Å²) in [6.45, 7) is 7.68. The zero-order valence-corrected chi connectivity index (χ0v) is 12.1. The average molecular weight is 267 g/mol. The highest BCUT2D eigenvalue weighted by Gasteiger charge is 2.25. The minimum atomic E-state index is 0.570. The lowest BCUT2D eigenvalue weighted by Gasteiger charge is -2.39. The Morgan fingerprint density at radius 1 is 1.39 bits per heavy atom. The lowest BCUT2D eigenvalue weighted by Crippen LogP contribution is -2.54. The number of piperazine rings is 1. The number of hydrogen-bond acceptors (Lipinski definition) is 2. The van der Waals surface area contributed by atoms with Crippen LogP contribution < -0.4 is 5.32 Å². The van der Waals surface area contributed by atoms with E-state index < -0.39 is 0 Å². The first-order valence-electron chi connectivity index (χ1n) is 6.91. The molecule has 0 amide bonds. The lowest BCUT2D eigenvalue weighted by molar-refractivity contribution is 0.120. The van der Waals surface area contributed by atoms with Crippen molar-refractivity contribution >= 4 is 11.6 Å². The molecule has 2 unspecified atom stereocenters. The summed E-state index contributed by atoms with van der Waals surface area (Å²) < 4.78 is 0. The first kappa shape index (κ1) is 13.9. The normalized spacial score (nSPS) is 25.3. The van der Waals surface area contributed by atoms with E-state index in [2.05, 4.69) is 36.2 Å². The van der Waals surface area contributed by atoms with Crippen LogP contribution in [0.15, 0.2) is 24.3 Å². The van der Waals surface area contributed by atoms with E-state index >= 15 is 0 Å². The van der Waals surface area contributed by atoms with Crippen LogP contribution in [0.1, 0.15) is 32.3 Å². The fraction of sp³-hybridized carbons (Fsp3) is 0.600. The van der Waals surface area contributed by atoms with Crippen molar-refractivity contribution in [3.8, 4) is 0 Å².